The molecule has 1 unspecified atom stereocenters. The molecule has 4 rings (SSSR count). The Labute approximate surface area is 226 Å². The van der Waals surface area contributed by atoms with E-state index in [4.69, 9.17) is 21.6 Å². The summed E-state index contributed by atoms with van der Waals surface area (Å²) in [6, 6.07) is 3.71. The molecule has 206 valence electrons. The highest BCUT2D eigenvalue weighted by atomic mass is 35.5. The largest absolute Gasteiger partial charge is 0.381 e. The lowest BCUT2D eigenvalue weighted by molar-refractivity contribution is 0.145. The molecule has 0 bridgehead atoms. The summed E-state index contributed by atoms with van der Waals surface area (Å²) in [6.07, 6.45) is 1.61. The molecule has 2 aliphatic rings. The van der Waals surface area contributed by atoms with E-state index in [0.29, 0.717) is 31.5 Å². The number of hydrogen-bond donors (Lipinski definition) is 1. The number of benzene rings is 1. The summed E-state index contributed by atoms with van der Waals surface area (Å²) >= 11 is 8.04. The van der Waals surface area contributed by atoms with Crippen LogP contribution in [-0.2, 0) is 14.9 Å². The molecule has 2 saturated heterocycles. The smallest absolute Gasteiger partial charge is 0.329 e. The number of nitrogens with one attached hydrogen (secondary N) is 1. The Balaban J connectivity index is 1.45. The first kappa shape index (κ1) is 28.5. The van der Waals surface area contributed by atoms with Gasteiger partial charge in [-0.3, -0.25) is 4.79 Å². The summed E-state index contributed by atoms with van der Waals surface area (Å²) in [6.45, 7) is -2.17. The Kier molecular flexibility index (Phi) is 9.09. The van der Waals surface area contributed by atoms with Crippen molar-refractivity contribution in [2.45, 2.75) is 30.7 Å². The van der Waals surface area contributed by atoms with Crippen molar-refractivity contribution in [3.63, 3.8) is 0 Å². The standard InChI is InChI=1S/C22H24ClF3N6O4S2/c23-20-18(28-11-16-13-36-7-8-37-16)12-29-31(21(20)33)15-3-5-30(6-4-15)38(34,35)32(22(25)26)19-2-1-14(10-27)9-17(19)24/h1-2,9,12,15-16,22,28H,3-8,11,13H2. The molecule has 38 heavy (non-hydrogen) atoms. The van der Waals surface area contributed by atoms with Crippen molar-refractivity contribution in [1.29, 1.82) is 5.26 Å². The second-order valence-electron chi connectivity index (χ2n) is 8.56. The van der Waals surface area contributed by atoms with E-state index < -0.39 is 39.9 Å². The van der Waals surface area contributed by atoms with E-state index in [-0.39, 0.29) is 46.1 Å². The molecule has 1 N–H and O–H groups in total. The first-order valence-electron chi connectivity index (χ1n) is 11.6. The lowest BCUT2D eigenvalue weighted by Gasteiger charge is -2.35. The molecule has 0 amide bonds. The number of nitrogens with zero attached hydrogens (tertiary/aromatic N) is 5. The van der Waals surface area contributed by atoms with Gasteiger partial charge in [0.1, 0.15) is 10.8 Å². The molecule has 0 saturated carbocycles. The van der Waals surface area contributed by atoms with Crippen molar-refractivity contribution in [2.75, 3.05) is 48.2 Å². The molecule has 2 aromatic rings. The number of thioether (sulfide) groups is 1. The molecule has 0 aliphatic carbocycles. The summed E-state index contributed by atoms with van der Waals surface area (Å²) in [5.74, 6) is -0.386. The van der Waals surface area contributed by atoms with E-state index >= 15 is 0 Å². The monoisotopic (exact) mass is 592 g/mol. The topological polar surface area (TPSA) is 121 Å². The van der Waals surface area contributed by atoms with Gasteiger partial charge in [0.25, 0.3) is 5.56 Å². The van der Waals surface area contributed by atoms with E-state index in [1.54, 1.807) is 17.8 Å². The summed E-state index contributed by atoms with van der Waals surface area (Å²) in [5, 5.41) is 16.3. The maximum atomic E-state index is 14.4. The fourth-order valence-electron chi connectivity index (χ4n) is 4.23. The van der Waals surface area contributed by atoms with Crippen molar-refractivity contribution in [2.24, 2.45) is 0 Å². The average Bonchev–Trinajstić information content (AvgIpc) is 2.91. The van der Waals surface area contributed by atoms with Crippen LogP contribution >= 0.6 is 23.4 Å². The Hall–Kier alpha value is -2.51. The van der Waals surface area contributed by atoms with Crippen molar-refractivity contribution in [3.8, 4) is 6.07 Å². The van der Waals surface area contributed by atoms with Crippen LogP contribution in [0.5, 0.6) is 0 Å². The molecule has 2 aliphatic heterocycles. The van der Waals surface area contributed by atoms with Gasteiger partial charge < -0.3 is 10.1 Å². The van der Waals surface area contributed by atoms with Gasteiger partial charge >= 0.3 is 16.8 Å². The van der Waals surface area contributed by atoms with E-state index in [2.05, 4.69) is 10.4 Å². The van der Waals surface area contributed by atoms with Gasteiger partial charge in [0.15, 0.2) is 0 Å². The van der Waals surface area contributed by atoms with Crippen LogP contribution < -0.4 is 15.2 Å². The van der Waals surface area contributed by atoms with Crippen LogP contribution in [0.25, 0.3) is 0 Å². The van der Waals surface area contributed by atoms with Crippen LogP contribution in [0.1, 0.15) is 24.4 Å². The first-order valence-corrected chi connectivity index (χ1v) is 14.4. The van der Waals surface area contributed by atoms with Crippen LogP contribution in [0.2, 0.25) is 5.02 Å². The highest BCUT2D eigenvalue weighted by Crippen LogP contribution is 2.31. The quantitative estimate of drug-likeness (QED) is 0.465. The van der Waals surface area contributed by atoms with Gasteiger partial charge in [0.2, 0.25) is 0 Å². The summed E-state index contributed by atoms with van der Waals surface area (Å²) in [4.78, 5) is 12.9. The number of ether oxygens (including phenoxy) is 1. The maximum Gasteiger partial charge on any atom is 0.329 e. The third-order valence-electron chi connectivity index (χ3n) is 6.18. The molecule has 0 radical (unpaired) electrons. The number of alkyl halides is 2. The minimum Gasteiger partial charge on any atom is -0.381 e. The van der Waals surface area contributed by atoms with Gasteiger partial charge in [-0.2, -0.15) is 47.9 Å². The van der Waals surface area contributed by atoms with Gasteiger partial charge in [-0.1, -0.05) is 11.6 Å². The second-order valence-corrected chi connectivity index (χ2v) is 12.2. The number of piperidine rings is 1. The van der Waals surface area contributed by atoms with E-state index in [1.165, 1.54) is 10.9 Å². The van der Waals surface area contributed by atoms with Gasteiger partial charge in [0, 0.05) is 30.6 Å². The lowest BCUT2D eigenvalue weighted by Crippen LogP contribution is -2.50. The zero-order chi connectivity index (χ0) is 27.4. The predicted octanol–water partition coefficient (Wildman–Crippen LogP) is 3.06. The van der Waals surface area contributed by atoms with Crippen molar-refractivity contribution < 1.29 is 26.3 Å². The zero-order valence-electron chi connectivity index (χ0n) is 19.9. The fraction of sp³-hybridized carbons (Fsp3) is 0.500. The molecular weight excluding hydrogens is 569 g/mol. The molecule has 1 atom stereocenters. The molecule has 1 aromatic carbocycles. The number of rotatable bonds is 8. The van der Waals surface area contributed by atoms with Gasteiger partial charge in [-0.25, -0.2) is 9.07 Å². The molecule has 1 aromatic heterocycles. The predicted molar refractivity (Wildman–Crippen MR) is 137 cm³/mol. The third-order valence-corrected chi connectivity index (χ3v) is 9.60. The van der Waals surface area contributed by atoms with Gasteiger partial charge in [-0.05, 0) is 31.0 Å². The van der Waals surface area contributed by atoms with Gasteiger partial charge in [-0.15, -0.1) is 0 Å². The first-order chi connectivity index (χ1) is 18.1. The highest BCUT2D eigenvalue weighted by molar-refractivity contribution is 8.00. The minimum atomic E-state index is -4.83. The van der Waals surface area contributed by atoms with Crippen molar-refractivity contribution in [3.05, 3.63) is 51.2 Å². The molecule has 2 fully saturated rings. The van der Waals surface area contributed by atoms with Crippen LogP contribution in [0.3, 0.4) is 0 Å². The van der Waals surface area contributed by atoms with E-state index in [1.807, 2.05) is 0 Å². The van der Waals surface area contributed by atoms with Crippen LogP contribution in [0, 0.1) is 17.1 Å². The van der Waals surface area contributed by atoms with Crippen LogP contribution in [0.4, 0.5) is 24.5 Å². The van der Waals surface area contributed by atoms with E-state index in [9.17, 15) is 26.4 Å². The molecule has 3 heterocycles. The van der Waals surface area contributed by atoms with Crippen LogP contribution in [0.15, 0.2) is 29.2 Å². The average molecular weight is 593 g/mol. The molecule has 0 spiro atoms. The normalized spacial score (nSPS) is 19.3. The summed E-state index contributed by atoms with van der Waals surface area (Å²) < 4.78 is 75.4. The van der Waals surface area contributed by atoms with Crippen molar-refractivity contribution in [1.82, 2.24) is 14.1 Å². The van der Waals surface area contributed by atoms with Gasteiger partial charge in [0.05, 0.1) is 48.5 Å². The fourth-order valence-corrected chi connectivity index (χ4v) is 6.90. The Morgan fingerprint density at radius 2 is 2.08 bits per heavy atom. The Morgan fingerprint density at radius 3 is 2.68 bits per heavy atom. The molecular formula is C22H24ClF3N6O4S2. The lowest BCUT2D eigenvalue weighted by atomic mass is 10.1. The number of aromatic nitrogens is 2. The third kappa shape index (κ3) is 6.04. The zero-order valence-corrected chi connectivity index (χ0v) is 22.3. The van der Waals surface area contributed by atoms with Crippen molar-refractivity contribution >= 4 is 44.9 Å². The summed E-state index contributed by atoms with van der Waals surface area (Å²) in [5.41, 5.74) is -1.19. The van der Waals surface area contributed by atoms with Crippen LogP contribution in [-0.4, -0.2) is 72.9 Å². The Bertz CT molecular complexity index is 1360. The highest BCUT2D eigenvalue weighted by Gasteiger charge is 2.39. The molecule has 10 nitrogen and oxygen atoms in total. The summed E-state index contributed by atoms with van der Waals surface area (Å²) in [7, 11) is -4.83. The minimum absolute atomic E-state index is 0.0584. The number of halogens is 4. The number of anilines is 2. The molecule has 16 heteroatoms. The maximum absolute atomic E-state index is 14.4. The number of hydrogen-bond acceptors (Lipinski definition) is 8. The SMILES string of the molecule is N#Cc1ccc(N(C(F)F)S(=O)(=O)N2CCC(n3ncc(NCC4COCCS4)c(Cl)c3=O)CC2)c(F)c1. The van der Waals surface area contributed by atoms with E-state index in [0.717, 1.165) is 22.2 Å². The Morgan fingerprint density at radius 1 is 1.34 bits per heavy atom. The second kappa shape index (κ2) is 12.1. The number of nitriles is 1.